The number of benzene rings is 1. The van der Waals surface area contributed by atoms with E-state index in [1.54, 1.807) is 24.4 Å². The van der Waals surface area contributed by atoms with Crippen LogP contribution in [0.3, 0.4) is 0 Å². The van der Waals surface area contributed by atoms with E-state index in [9.17, 15) is 0 Å². The van der Waals surface area contributed by atoms with Crippen molar-refractivity contribution < 1.29 is 0 Å². The lowest BCUT2D eigenvalue weighted by Crippen LogP contribution is -2.01. The number of hydrazone groups is 1. The van der Waals surface area contributed by atoms with Gasteiger partial charge in [0, 0.05) is 16.8 Å². The molecule has 100 valence electrons. The lowest BCUT2D eigenvalue weighted by Gasteiger charge is -2.01. The quantitative estimate of drug-likeness (QED) is 0.675. The summed E-state index contributed by atoms with van der Waals surface area (Å²) in [7, 11) is 0. The van der Waals surface area contributed by atoms with Gasteiger partial charge in [0.15, 0.2) is 5.82 Å². The van der Waals surface area contributed by atoms with Gasteiger partial charge in [-0.15, -0.1) is 12.4 Å². The van der Waals surface area contributed by atoms with Crippen molar-refractivity contribution in [2.24, 2.45) is 5.10 Å². The Kier molecular flexibility index (Phi) is 5.54. The van der Waals surface area contributed by atoms with Crippen molar-refractivity contribution in [3.63, 3.8) is 0 Å². The highest BCUT2D eigenvalue weighted by Gasteiger charge is 1.96. The molecule has 2 aromatic rings. The van der Waals surface area contributed by atoms with Gasteiger partial charge in [-0.1, -0.05) is 23.7 Å². The van der Waals surface area contributed by atoms with Gasteiger partial charge >= 0.3 is 0 Å². The first-order valence-electron chi connectivity index (χ1n) is 5.29. The van der Waals surface area contributed by atoms with E-state index in [1.807, 2.05) is 19.1 Å². The number of rotatable bonds is 3. The number of nitrogen functional groups attached to an aromatic ring is 1. The van der Waals surface area contributed by atoms with Crippen molar-refractivity contribution >= 4 is 42.0 Å². The van der Waals surface area contributed by atoms with E-state index in [4.69, 9.17) is 17.3 Å². The molecule has 0 saturated carbocycles. The number of hydrogen-bond donors (Lipinski definition) is 2. The molecule has 3 N–H and O–H groups in total. The lowest BCUT2D eigenvalue weighted by atomic mass is 10.2. The van der Waals surface area contributed by atoms with Crippen molar-refractivity contribution in [2.75, 3.05) is 11.2 Å². The Morgan fingerprint density at radius 2 is 1.95 bits per heavy atom. The molecular weight excluding hydrogens is 285 g/mol. The molecule has 19 heavy (non-hydrogen) atoms. The minimum atomic E-state index is 0. The first-order valence-corrected chi connectivity index (χ1v) is 5.67. The Balaban J connectivity index is 0.00000180. The number of aromatic nitrogens is 2. The van der Waals surface area contributed by atoms with Crippen LogP contribution < -0.4 is 11.2 Å². The Bertz CT molecular complexity index is 549. The Hall–Kier alpha value is -1.85. The summed E-state index contributed by atoms with van der Waals surface area (Å²) in [4.78, 5) is 7.97. The maximum absolute atomic E-state index is 5.79. The van der Waals surface area contributed by atoms with Crippen LogP contribution in [-0.2, 0) is 0 Å². The molecule has 0 amide bonds. The minimum Gasteiger partial charge on any atom is -0.368 e. The van der Waals surface area contributed by atoms with E-state index in [-0.39, 0.29) is 18.4 Å². The molecule has 1 aromatic heterocycles. The van der Waals surface area contributed by atoms with Crippen molar-refractivity contribution in [3.8, 4) is 0 Å². The monoisotopic (exact) mass is 297 g/mol. The summed E-state index contributed by atoms with van der Waals surface area (Å²) in [6.45, 7) is 1.84. The number of nitrogens with two attached hydrogens (primary N) is 1. The third-order valence-corrected chi connectivity index (χ3v) is 2.39. The van der Waals surface area contributed by atoms with E-state index in [1.165, 1.54) is 0 Å². The van der Waals surface area contributed by atoms with Gasteiger partial charge in [0.05, 0.1) is 6.21 Å². The predicted molar refractivity (Wildman–Crippen MR) is 81.1 cm³/mol. The van der Waals surface area contributed by atoms with Crippen LogP contribution in [-0.4, -0.2) is 16.2 Å². The summed E-state index contributed by atoms with van der Waals surface area (Å²) < 4.78 is 0. The maximum atomic E-state index is 5.79. The molecular formula is C12H13Cl2N5. The third kappa shape index (κ3) is 4.73. The van der Waals surface area contributed by atoms with Gasteiger partial charge in [-0.25, -0.2) is 4.98 Å². The fourth-order valence-electron chi connectivity index (χ4n) is 1.37. The highest BCUT2D eigenvalue weighted by molar-refractivity contribution is 6.30. The molecule has 0 radical (unpaired) electrons. The molecule has 0 fully saturated rings. The molecule has 0 aliphatic rings. The number of nitrogens with one attached hydrogen (secondary N) is 1. The van der Waals surface area contributed by atoms with E-state index in [2.05, 4.69) is 20.5 Å². The highest BCUT2D eigenvalue weighted by Crippen LogP contribution is 2.09. The maximum Gasteiger partial charge on any atom is 0.222 e. The zero-order chi connectivity index (χ0) is 13.0. The molecule has 1 heterocycles. The van der Waals surface area contributed by atoms with Gasteiger partial charge < -0.3 is 5.73 Å². The lowest BCUT2D eigenvalue weighted by molar-refractivity contribution is 1.10. The molecule has 0 bridgehead atoms. The highest BCUT2D eigenvalue weighted by atomic mass is 35.5. The van der Waals surface area contributed by atoms with Crippen molar-refractivity contribution in [1.82, 2.24) is 9.97 Å². The molecule has 0 atom stereocenters. The first-order chi connectivity index (χ1) is 8.63. The normalized spacial score (nSPS) is 10.2. The average molecular weight is 298 g/mol. The van der Waals surface area contributed by atoms with Gasteiger partial charge in [0.25, 0.3) is 0 Å². The summed E-state index contributed by atoms with van der Waals surface area (Å²) in [6.07, 6.45) is 1.67. The molecule has 2 rings (SSSR count). The average Bonchev–Trinajstić information content (AvgIpc) is 2.30. The Morgan fingerprint density at radius 3 is 2.58 bits per heavy atom. The van der Waals surface area contributed by atoms with E-state index in [0.717, 1.165) is 11.3 Å². The van der Waals surface area contributed by atoms with Crippen LogP contribution in [0.4, 0.5) is 11.8 Å². The summed E-state index contributed by atoms with van der Waals surface area (Å²) in [5.41, 5.74) is 10.0. The van der Waals surface area contributed by atoms with Crippen LogP contribution in [0, 0.1) is 6.92 Å². The van der Waals surface area contributed by atoms with Gasteiger partial charge in [-0.3, -0.25) is 5.43 Å². The van der Waals surface area contributed by atoms with Crippen molar-refractivity contribution in [2.45, 2.75) is 6.92 Å². The van der Waals surface area contributed by atoms with Crippen molar-refractivity contribution in [3.05, 3.63) is 46.6 Å². The molecule has 0 unspecified atom stereocenters. The van der Waals surface area contributed by atoms with Crippen molar-refractivity contribution in [1.29, 1.82) is 0 Å². The number of nitrogens with zero attached hydrogens (tertiary/aromatic N) is 3. The number of aryl methyl sites for hydroxylation is 1. The first kappa shape index (κ1) is 15.2. The summed E-state index contributed by atoms with van der Waals surface area (Å²) in [5, 5.41) is 4.75. The largest absolute Gasteiger partial charge is 0.368 e. The third-order valence-electron chi connectivity index (χ3n) is 2.13. The number of anilines is 2. The fourth-order valence-corrected chi connectivity index (χ4v) is 1.50. The molecule has 0 spiro atoms. The Labute approximate surface area is 122 Å². The minimum absolute atomic E-state index is 0. The summed E-state index contributed by atoms with van der Waals surface area (Å²) in [6, 6.07) is 9.10. The smallest absolute Gasteiger partial charge is 0.222 e. The SMILES string of the molecule is Cc1cc(NN=Cc2ccc(Cl)cc2)nc(N)n1.Cl. The van der Waals surface area contributed by atoms with Gasteiger partial charge in [0.2, 0.25) is 5.95 Å². The summed E-state index contributed by atoms with van der Waals surface area (Å²) >= 11 is 5.79. The molecule has 0 aliphatic heterocycles. The molecule has 1 aromatic carbocycles. The standard InChI is InChI=1S/C12H12ClN5.ClH/c1-8-6-11(17-12(14)16-8)18-15-7-9-2-4-10(13)5-3-9;/h2-7H,1H3,(H3,14,16,17,18);1H. The predicted octanol–water partition coefficient (Wildman–Crippen LogP) is 2.89. The molecule has 7 heteroatoms. The second-order valence-corrected chi connectivity index (χ2v) is 4.11. The van der Waals surface area contributed by atoms with Crippen LogP contribution in [0.25, 0.3) is 0 Å². The van der Waals surface area contributed by atoms with E-state index in [0.29, 0.717) is 10.8 Å². The van der Waals surface area contributed by atoms with E-state index < -0.39 is 0 Å². The number of hydrogen-bond acceptors (Lipinski definition) is 5. The van der Waals surface area contributed by atoms with Crippen LogP contribution in [0.2, 0.25) is 5.02 Å². The molecule has 0 aliphatic carbocycles. The van der Waals surface area contributed by atoms with E-state index >= 15 is 0 Å². The topological polar surface area (TPSA) is 76.2 Å². The zero-order valence-electron chi connectivity index (χ0n) is 10.2. The van der Waals surface area contributed by atoms with Gasteiger partial charge in [-0.05, 0) is 24.6 Å². The molecule has 0 saturated heterocycles. The zero-order valence-corrected chi connectivity index (χ0v) is 11.7. The molecule has 5 nitrogen and oxygen atoms in total. The second kappa shape index (κ2) is 6.92. The number of halogens is 2. The van der Waals surface area contributed by atoms with Crippen LogP contribution >= 0.6 is 24.0 Å². The van der Waals surface area contributed by atoms with Gasteiger partial charge in [0.1, 0.15) is 0 Å². The van der Waals surface area contributed by atoms with Gasteiger partial charge in [-0.2, -0.15) is 10.1 Å². The van der Waals surface area contributed by atoms with Crippen LogP contribution in [0.15, 0.2) is 35.4 Å². The van der Waals surface area contributed by atoms with Crippen LogP contribution in [0.1, 0.15) is 11.3 Å². The van der Waals surface area contributed by atoms with Crippen LogP contribution in [0.5, 0.6) is 0 Å². The summed E-state index contributed by atoms with van der Waals surface area (Å²) in [5.74, 6) is 0.782. The second-order valence-electron chi connectivity index (χ2n) is 3.67. The Morgan fingerprint density at radius 1 is 1.26 bits per heavy atom. The fraction of sp³-hybridized carbons (Fsp3) is 0.0833.